The van der Waals surface area contributed by atoms with Crippen LogP contribution >= 0.6 is 11.6 Å². The third-order valence-corrected chi connectivity index (χ3v) is 2.33. The fourth-order valence-electron chi connectivity index (χ4n) is 1.30. The minimum absolute atomic E-state index is 0.00685. The zero-order valence-electron chi connectivity index (χ0n) is 10.5. The Morgan fingerprint density at radius 3 is 2.50 bits per heavy atom. The molecule has 0 aromatic heterocycles. The molecule has 1 rings (SSSR count). The Balaban J connectivity index is 2.84. The van der Waals surface area contributed by atoms with Crippen molar-refractivity contribution >= 4 is 29.2 Å². The molecule has 0 heterocycles. The first-order valence-electron chi connectivity index (χ1n) is 5.77. The van der Waals surface area contributed by atoms with Crippen molar-refractivity contribution in [2.75, 3.05) is 13.2 Å². The van der Waals surface area contributed by atoms with Crippen LogP contribution in [0.3, 0.4) is 0 Å². The Hall–Kier alpha value is -1.55. The van der Waals surface area contributed by atoms with E-state index in [9.17, 15) is 4.79 Å². The summed E-state index contributed by atoms with van der Waals surface area (Å²) < 4.78 is 10.2. The molecular weight excluding hydrogens is 254 g/mol. The molecule has 0 bridgehead atoms. The van der Waals surface area contributed by atoms with Gasteiger partial charge in [0, 0.05) is 0 Å². The molecule has 1 aromatic rings. The Kier molecular flexibility index (Phi) is 6.22. The van der Waals surface area contributed by atoms with Crippen LogP contribution < -0.4 is 0 Å². The number of esters is 1. The van der Waals surface area contributed by atoms with Crippen LogP contribution in [0.1, 0.15) is 20.3 Å². The maximum atomic E-state index is 11.4. The molecule has 0 aliphatic rings. The van der Waals surface area contributed by atoms with Crippen LogP contribution in [0.4, 0.5) is 5.69 Å². The summed E-state index contributed by atoms with van der Waals surface area (Å²) in [6.07, 6.45) is 0.00685. The number of hydrogen-bond acceptors (Lipinski definition) is 4. The van der Waals surface area contributed by atoms with Crippen molar-refractivity contribution in [1.82, 2.24) is 0 Å². The molecule has 0 amide bonds. The number of carbonyl (C=O) groups is 1. The topological polar surface area (TPSA) is 47.9 Å². The molecule has 0 atom stereocenters. The van der Waals surface area contributed by atoms with Gasteiger partial charge in [-0.1, -0.05) is 23.7 Å². The molecule has 4 nitrogen and oxygen atoms in total. The Morgan fingerprint density at radius 2 is 1.89 bits per heavy atom. The van der Waals surface area contributed by atoms with Crippen LogP contribution in [-0.2, 0) is 14.3 Å². The van der Waals surface area contributed by atoms with Crippen LogP contribution in [0.25, 0.3) is 0 Å². The number of benzene rings is 1. The lowest BCUT2D eigenvalue weighted by atomic mass is 10.3. The number of ether oxygens (including phenoxy) is 2. The Morgan fingerprint density at radius 1 is 1.22 bits per heavy atom. The molecule has 0 fully saturated rings. The van der Waals surface area contributed by atoms with Gasteiger partial charge < -0.3 is 9.47 Å². The summed E-state index contributed by atoms with van der Waals surface area (Å²) in [5, 5.41) is 0.513. The number of aliphatic imine (C=N–C) groups is 1. The highest BCUT2D eigenvalue weighted by Gasteiger charge is 2.10. The highest BCUT2D eigenvalue weighted by Crippen LogP contribution is 2.24. The third-order valence-electron chi connectivity index (χ3n) is 2.01. The van der Waals surface area contributed by atoms with Crippen LogP contribution in [0, 0.1) is 0 Å². The van der Waals surface area contributed by atoms with E-state index in [-0.39, 0.29) is 12.4 Å². The summed E-state index contributed by atoms with van der Waals surface area (Å²) in [5.74, 6) is -0.0548. The first kappa shape index (κ1) is 14.5. The number of carbonyl (C=O) groups excluding carboxylic acids is 1. The normalized spacial score (nSPS) is 11.2. The van der Waals surface area contributed by atoms with E-state index in [2.05, 4.69) is 4.99 Å². The molecule has 98 valence electrons. The molecular formula is C13H16ClNO3. The average molecular weight is 270 g/mol. The molecule has 1 aromatic carbocycles. The van der Waals surface area contributed by atoms with Gasteiger partial charge in [0.25, 0.3) is 0 Å². The fraction of sp³-hybridized carbons (Fsp3) is 0.385. The Labute approximate surface area is 112 Å². The third kappa shape index (κ3) is 4.75. The summed E-state index contributed by atoms with van der Waals surface area (Å²) in [7, 11) is 0. The minimum atomic E-state index is -0.364. The lowest BCUT2D eigenvalue weighted by Crippen LogP contribution is -2.14. The summed E-state index contributed by atoms with van der Waals surface area (Å²) in [6.45, 7) is 4.35. The quantitative estimate of drug-likeness (QED) is 0.468. The van der Waals surface area contributed by atoms with Crippen molar-refractivity contribution in [2.45, 2.75) is 20.3 Å². The number of para-hydroxylation sites is 1. The highest BCUT2D eigenvalue weighted by atomic mass is 35.5. The SMILES string of the molecule is CCOC(=O)CC(=Nc1ccccc1Cl)OCC. The van der Waals surface area contributed by atoms with E-state index >= 15 is 0 Å². The van der Waals surface area contributed by atoms with E-state index in [0.717, 1.165) is 0 Å². The lowest BCUT2D eigenvalue weighted by Gasteiger charge is -2.07. The van der Waals surface area contributed by atoms with Crippen molar-refractivity contribution < 1.29 is 14.3 Å². The van der Waals surface area contributed by atoms with Gasteiger partial charge in [-0.3, -0.25) is 4.79 Å². The van der Waals surface area contributed by atoms with Gasteiger partial charge in [0.1, 0.15) is 6.42 Å². The van der Waals surface area contributed by atoms with Crippen LogP contribution in [-0.4, -0.2) is 25.1 Å². The molecule has 0 saturated heterocycles. The average Bonchev–Trinajstić information content (AvgIpc) is 2.32. The first-order valence-corrected chi connectivity index (χ1v) is 6.15. The second kappa shape index (κ2) is 7.71. The maximum absolute atomic E-state index is 11.4. The largest absolute Gasteiger partial charge is 0.481 e. The predicted octanol–water partition coefficient (Wildman–Crippen LogP) is 3.36. The number of nitrogens with zero attached hydrogens (tertiary/aromatic N) is 1. The monoisotopic (exact) mass is 269 g/mol. The van der Waals surface area contributed by atoms with Gasteiger partial charge in [-0.2, -0.15) is 0 Å². The van der Waals surface area contributed by atoms with Crippen LogP contribution in [0.2, 0.25) is 5.02 Å². The Bertz CT molecular complexity index is 432. The number of hydrogen-bond donors (Lipinski definition) is 0. The molecule has 0 unspecified atom stereocenters. The van der Waals surface area contributed by atoms with Crippen molar-refractivity contribution in [2.24, 2.45) is 4.99 Å². The van der Waals surface area contributed by atoms with E-state index < -0.39 is 0 Å². The predicted molar refractivity (Wildman–Crippen MR) is 71.4 cm³/mol. The smallest absolute Gasteiger partial charge is 0.315 e. The van der Waals surface area contributed by atoms with Crippen molar-refractivity contribution in [1.29, 1.82) is 0 Å². The fourth-order valence-corrected chi connectivity index (χ4v) is 1.48. The first-order chi connectivity index (χ1) is 8.67. The zero-order chi connectivity index (χ0) is 13.4. The molecule has 18 heavy (non-hydrogen) atoms. The zero-order valence-corrected chi connectivity index (χ0v) is 11.2. The summed E-state index contributed by atoms with van der Waals surface area (Å²) in [6, 6.07) is 7.12. The summed E-state index contributed by atoms with van der Waals surface area (Å²) in [4.78, 5) is 15.6. The highest BCUT2D eigenvalue weighted by molar-refractivity contribution is 6.33. The second-order valence-corrected chi connectivity index (χ2v) is 3.78. The lowest BCUT2D eigenvalue weighted by molar-refractivity contribution is -0.141. The molecule has 0 aliphatic heterocycles. The van der Waals surface area contributed by atoms with Gasteiger partial charge >= 0.3 is 5.97 Å². The van der Waals surface area contributed by atoms with Crippen LogP contribution in [0.15, 0.2) is 29.3 Å². The molecule has 0 N–H and O–H groups in total. The second-order valence-electron chi connectivity index (χ2n) is 3.37. The molecule has 5 heteroatoms. The van der Waals surface area contributed by atoms with Gasteiger partial charge in [-0.05, 0) is 26.0 Å². The van der Waals surface area contributed by atoms with Gasteiger partial charge in [-0.25, -0.2) is 4.99 Å². The van der Waals surface area contributed by atoms with Crippen LogP contribution in [0.5, 0.6) is 0 Å². The molecule has 0 saturated carbocycles. The standard InChI is InChI=1S/C13H16ClNO3/c1-3-17-12(9-13(16)18-4-2)15-11-8-6-5-7-10(11)14/h5-8H,3-4,9H2,1-2H3. The summed E-state index contributed by atoms with van der Waals surface area (Å²) >= 11 is 5.99. The van der Waals surface area contributed by atoms with E-state index in [0.29, 0.717) is 29.8 Å². The van der Waals surface area contributed by atoms with E-state index in [1.807, 2.05) is 19.1 Å². The van der Waals surface area contributed by atoms with Gasteiger partial charge in [0.15, 0.2) is 5.90 Å². The van der Waals surface area contributed by atoms with Gasteiger partial charge in [0.05, 0.1) is 23.9 Å². The molecule has 0 spiro atoms. The number of halogens is 1. The minimum Gasteiger partial charge on any atom is -0.481 e. The van der Waals surface area contributed by atoms with Gasteiger partial charge in [0.2, 0.25) is 0 Å². The number of rotatable bonds is 5. The van der Waals surface area contributed by atoms with Crippen molar-refractivity contribution in [3.05, 3.63) is 29.3 Å². The van der Waals surface area contributed by atoms with E-state index in [4.69, 9.17) is 21.1 Å². The molecule has 0 radical (unpaired) electrons. The summed E-state index contributed by atoms with van der Waals surface area (Å²) in [5.41, 5.74) is 0.576. The van der Waals surface area contributed by atoms with E-state index in [1.165, 1.54) is 0 Å². The van der Waals surface area contributed by atoms with Crippen molar-refractivity contribution in [3.8, 4) is 0 Å². The maximum Gasteiger partial charge on any atom is 0.315 e. The van der Waals surface area contributed by atoms with Crippen molar-refractivity contribution in [3.63, 3.8) is 0 Å². The van der Waals surface area contributed by atoms with E-state index in [1.54, 1.807) is 19.1 Å². The molecule has 0 aliphatic carbocycles. The van der Waals surface area contributed by atoms with Gasteiger partial charge in [-0.15, -0.1) is 0 Å².